The van der Waals surface area contributed by atoms with Crippen molar-refractivity contribution < 1.29 is 17.9 Å². The number of aryl methyl sites for hydroxylation is 1. The van der Waals surface area contributed by atoms with Gasteiger partial charge in [-0.25, -0.2) is 26.9 Å². The van der Waals surface area contributed by atoms with E-state index in [0.29, 0.717) is 35.7 Å². The molecule has 0 N–H and O–H groups in total. The monoisotopic (exact) mass is 668 g/mol. The van der Waals surface area contributed by atoms with Gasteiger partial charge in [-0.3, -0.25) is 4.98 Å². The quantitative estimate of drug-likeness (QED) is 0.146. The lowest BCUT2D eigenvalue weighted by Crippen LogP contribution is -2.25. The Kier molecular flexibility index (Phi) is 8.50. The number of esters is 1. The highest BCUT2D eigenvalue weighted by molar-refractivity contribution is 7.90. The molecule has 0 saturated heterocycles. The van der Waals surface area contributed by atoms with E-state index in [1.54, 1.807) is 59.4 Å². The molecule has 0 bridgehead atoms. The number of hydrogen-bond donors (Lipinski definition) is 0. The van der Waals surface area contributed by atoms with Crippen LogP contribution in [-0.2, 0) is 27.8 Å². The molecule has 11 heteroatoms. The van der Waals surface area contributed by atoms with Crippen LogP contribution < -0.4 is 4.90 Å². The predicted octanol–water partition coefficient (Wildman–Crippen LogP) is 6.82. The topological polar surface area (TPSA) is 112 Å². The zero-order valence-electron chi connectivity index (χ0n) is 26.8. The SMILES string of the molecule is COC(=O)c1cnc(N(Cc2ccccc2)Cc2ccccc2)c2c1cc(-c1cc(-n3ccc(C)n3)ccn1)n2S(=O)(=O)c1ccccc1. The summed E-state index contributed by atoms with van der Waals surface area (Å²) in [6.07, 6.45) is 4.88. The zero-order valence-corrected chi connectivity index (χ0v) is 27.7. The molecule has 0 radical (unpaired) electrons. The van der Waals surface area contributed by atoms with Crippen molar-refractivity contribution in [2.24, 2.45) is 0 Å². The molecule has 10 nitrogen and oxygen atoms in total. The Balaban J connectivity index is 1.55. The Bertz CT molecular complexity index is 2330. The van der Waals surface area contributed by atoms with Gasteiger partial charge in [-0.15, -0.1) is 0 Å². The van der Waals surface area contributed by atoms with Gasteiger partial charge in [-0.1, -0.05) is 78.9 Å². The number of fused-ring (bicyclic) bond motifs is 1. The molecule has 0 unspecified atom stereocenters. The van der Waals surface area contributed by atoms with Crippen LogP contribution in [0.2, 0.25) is 0 Å². The first-order valence-electron chi connectivity index (χ1n) is 15.6. The molecule has 244 valence electrons. The lowest BCUT2D eigenvalue weighted by Gasteiger charge is -2.26. The number of nitrogens with zero attached hydrogens (tertiary/aromatic N) is 6. The smallest absolute Gasteiger partial charge is 0.340 e. The molecule has 0 spiro atoms. The first kappa shape index (κ1) is 31.5. The Morgan fingerprint density at radius 2 is 1.45 bits per heavy atom. The molecule has 7 aromatic rings. The second-order valence-corrected chi connectivity index (χ2v) is 13.3. The highest BCUT2D eigenvalue weighted by Gasteiger charge is 2.31. The zero-order chi connectivity index (χ0) is 34.0. The van der Waals surface area contributed by atoms with Gasteiger partial charge in [0.25, 0.3) is 10.0 Å². The van der Waals surface area contributed by atoms with E-state index in [4.69, 9.17) is 9.72 Å². The van der Waals surface area contributed by atoms with E-state index >= 15 is 0 Å². The molecule has 3 aromatic carbocycles. The average Bonchev–Trinajstić information content (AvgIpc) is 3.77. The lowest BCUT2D eigenvalue weighted by atomic mass is 10.1. The number of hydrogen-bond acceptors (Lipinski definition) is 8. The molecule has 49 heavy (non-hydrogen) atoms. The number of aromatic nitrogens is 5. The Morgan fingerprint density at radius 1 is 0.816 bits per heavy atom. The van der Waals surface area contributed by atoms with Crippen molar-refractivity contribution in [1.82, 2.24) is 23.7 Å². The van der Waals surface area contributed by atoms with E-state index in [1.165, 1.54) is 17.3 Å². The van der Waals surface area contributed by atoms with Gasteiger partial charge in [0.15, 0.2) is 5.82 Å². The van der Waals surface area contributed by atoms with Crippen LogP contribution in [0.25, 0.3) is 28.0 Å². The number of carbonyl (C=O) groups excluding carboxylic acids is 1. The third-order valence-electron chi connectivity index (χ3n) is 8.19. The van der Waals surface area contributed by atoms with Gasteiger partial charge in [0.1, 0.15) is 5.52 Å². The number of rotatable bonds is 10. The van der Waals surface area contributed by atoms with Crippen LogP contribution in [0.5, 0.6) is 0 Å². The summed E-state index contributed by atoms with van der Waals surface area (Å²) in [5, 5.41) is 4.89. The van der Waals surface area contributed by atoms with Gasteiger partial charge >= 0.3 is 5.97 Å². The van der Waals surface area contributed by atoms with Crippen molar-refractivity contribution in [3.05, 3.63) is 156 Å². The maximum Gasteiger partial charge on any atom is 0.340 e. The van der Waals surface area contributed by atoms with Crippen molar-refractivity contribution in [2.45, 2.75) is 24.9 Å². The van der Waals surface area contributed by atoms with Crippen LogP contribution in [0.1, 0.15) is 27.2 Å². The standard InChI is InChI=1S/C38H32N6O4S/c1-27-19-21-43(41-27)30-18-20-39-34(22-30)35-23-32-33(38(45)48-2)24-40-37(36(32)44(35)49(46,47)31-16-10-5-11-17-31)42(25-28-12-6-3-7-13-28)26-29-14-8-4-9-15-29/h3-24H,25-26H2,1-2H3. The van der Waals surface area contributed by atoms with Crippen molar-refractivity contribution in [1.29, 1.82) is 0 Å². The van der Waals surface area contributed by atoms with E-state index < -0.39 is 16.0 Å². The highest BCUT2D eigenvalue weighted by atomic mass is 32.2. The van der Waals surface area contributed by atoms with Crippen LogP contribution in [0.4, 0.5) is 5.82 Å². The minimum absolute atomic E-state index is 0.0692. The van der Waals surface area contributed by atoms with Crippen molar-refractivity contribution in [3.63, 3.8) is 0 Å². The minimum atomic E-state index is -4.29. The number of methoxy groups -OCH3 is 1. The van der Waals surface area contributed by atoms with Crippen LogP contribution in [0.3, 0.4) is 0 Å². The average molecular weight is 669 g/mol. The van der Waals surface area contributed by atoms with Gasteiger partial charge < -0.3 is 9.64 Å². The first-order chi connectivity index (χ1) is 23.8. The molecular formula is C38H32N6O4S. The van der Waals surface area contributed by atoms with E-state index in [0.717, 1.165) is 16.8 Å². The number of benzene rings is 3. The van der Waals surface area contributed by atoms with E-state index in [2.05, 4.69) is 10.1 Å². The number of ether oxygens (including phenoxy) is 1. The summed E-state index contributed by atoms with van der Waals surface area (Å²) < 4.78 is 37.8. The first-order valence-corrected chi connectivity index (χ1v) is 17.0. The normalized spacial score (nSPS) is 11.5. The molecule has 7 rings (SSSR count). The Hall–Kier alpha value is -6.07. The van der Waals surface area contributed by atoms with E-state index in [9.17, 15) is 13.2 Å². The summed E-state index contributed by atoms with van der Waals surface area (Å²) in [5.74, 6) is -0.267. The maximum absolute atomic E-state index is 14.9. The largest absolute Gasteiger partial charge is 0.465 e. The molecule has 0 aliphatic heterocycles. The van der Waals surface area contributed by atoms with Gasteiger partial charge in [0.05, 0.1) is 40.3 Å². The molecule has 0 aliphatic carbocycles. The van der Waals surface area contributed by atoms with Gasteiger partial charge in [-0.2, -0.15) is 5.10 Å². The molecular weight excluding hydrogens is 637 g/mol. The summed E-state index contributed by atoms with van der Waals surface area (Å²) in [7, 11) is -3.00. The Morgan fingerprint density at radius 3 is 2.04 bits per heavy atom. The van der Waals surface area contributed by atoms with Crippen LogP contribution in [-0.4, -0.2) is 45.2 Å². The summed E-state index contributed by atoms with van der Waals surface area (Å²) >= 11 is 0. The molecule has 4 aromatic heterocycles. The third kappa shape index (κ3) is 6.19. The van der Waals surface area contributed by atoms with Gasteiger partial charge in [0, 0.05) is 37.1 Å². The van der Waals surface area contributed by atoms with Gasteiger partial charge in [-0.05, 0) is 54.4 Å². The second-order valence-electron chi connectivity index (χ2n) is 11.5. The molecule has 0 atom stereocenters. The summed E-state index contributed by atoms with van der Waals surface area (Å²) in [6, 6.07) is 35.1. The minimum Gasteiger partial charge on any atom is -0.465 e. The Labute approximate surface area is 283 Å². The fraction of sp³-hybridized carbons (Fsp3) is 0.105. The van der Waals surface area contributed by atoms with Gasteiger partial charge in [0.2, 0.25) is 0 Å². The van der Waals surface area contributed by atoms with Crippen LogP contribution in [0.15, 0.2) is 139 Å². The van der Waals surface area contributed by atoms with Crippen LogP contribution >= 0.6 is 0 Å². The summed E-state index contributed by atoms with van der Waals surface area (Å²) in [4.78, 5) is 24.8. The number of anilines is 1. The highest BCUT2D eigenvalue weighted by Crippen LogP contribution is 2.39. The summed E-state index contributed by atoms with van der Waals surface area (Å²) in [5.41, 5.74) is 4.49. The molecule has 4 heterocycles. The maximum atomic E-state index is 14.9. The number of carbonyl (C=O) groups is 1. The molecule has 0 saturated carbocycles. The second kappa shape index (κ2) is 13.2. The van der Waals surface area contributed by atoms with Crippen molar-refractivity contribution >= 4 is 32.7 Å². The van der Waals surface area contributed by atoms with E-state index in [1.807, 2.05) is 84.8 Å². The van der Waals surface area contributed by atoms with Crippen LogP contribution in [0, 0.1) is 6.92 Å². The lowest BCUT2D eigenvalue weighted by molar-refractivity contribution is 0.0602. The fourth-order valence-corrected chi connectivity index (χ4v) is 7.41. The number of pyridine rings is 2. The molecule has 0 aliphatic rings. The van der Waals surface area contributed by atoms with Crippen molar-refractivity contribution in [2.75, 3.05) is 12.0 Å². The fourth-order valence-electron chi connectivity index (χ4n) is 5.87. The molecule has 0 fully saturated rings. The summed E-state index contributed by atoms with van der Waals surface area (Å²) in [6.45, 7) is 2.71. The molecule has 0 amide bonds. The predicted molar refractivity (Wildman–Crippen MR) is 188 cm³/mol. The van der Waals surface area contributed by atoms with E-state index in [-0.39, 0.29) is 21.7 Å². The third-order valence-corrected chi connectivity index (χ3v) is 9.92. The van der Waals surface area contributed by atoms with Crippen molar-refractivity contribution in [3.8, 4) is 17.1 Å².